The molecule has 0 aliphatic carbocycles. The number of nitrogens with two attached hydrogens (primary N) is 1. The minimum atomic E-state index is -4.85. The van der Waals surface area contributed by atoms with E-state index < -0.39 is 34.4 Å². The third-order valence-corrected chi connectivity index (χ3v) is 3.61. The molecule has 1 saturated heterocycles. The molecule has 0 radical (unpaired) electrons. The molecule has 12 heteroatoms. The zero-order valence-electron chi connectivity index (χ0n) is 12.5. The second-order valence-electron chi connectivity index (χ2n) is 5.40. The predicted molar refractivity (Wildman–Crippen MR) is 75.7 cm³/mol. The number of rotatable bonds is 6. The fraction of sp³-hybridized carbons (Fsp3) is 0.636. The molecular formula is C11H18N4O7S. The van der Waals surface area contributed by atoms with Crippen LogP contribution in [0.3, 0.4) is 0 Å². The SMILES string of the molecule is CC1=C[C@@H]2CN(C(=O)N2OS(=O)(=O)O)[C@@H]1C(=O)NOC[C@H](C)N. The van der Waals surface area contributed by atoms with Gasteiger partial charge in [0.15, 0.2) is 0 Å². The Balaban J connectivity index is 2.11. The highest BCUT2D eigenvalue weighted by atomic mass is 32.3. The maximum Gasteiger partial charge on any atom is 0.418 e. The predicted octanol–water partition coefficient (Wildman–Crippen LogP) is -1.45. The summed E-state index contributed by atoms with van der Waals surface area (Å²) < 4.78 is 34.6. The van der Waals surface area contributed by atoms with Crippen molar-refractivity contribution in [2.24, 2.45) is 5.73 Å². The van der Waals surface area contributed by atoms with Crippen LogP contribution >= 0.6 is 0 Å². The van der Waals surface area contributed by atoms with E-state index in [4.69, 9.17) is 15.1 Å². The molecule has 2 rings (SSSR count). The number of fused-ring (bicyclic) bond motifs is 2. The van der Waals surface area contributed by atoms with Crippen LogP contribution in [0.15, 0.2) is 11.6 Å². The molecule has 0 aromatic rings. The van der Waals surface area contributed by atoms with Gasteiger partial charge in [-0.3, -0.25) is 14.2 Å². The van der Waals surface area contributed by atoms with Gasteiger partial charge in [0.25, 0.3) is 5.91 Å². The molecule has 0 spiro atoms. The van der Waals surface area contributed by atoms with Crippen molar-refractivity contribution < 1.29 is 31.7 Å². The van der Waals surface area contributed by atoms with E-state index in [1.54, 1.807) is 13.8 Å². The Morgan fingerprint density at radius 1 is 1.61 bits per heavy atom. The largest absolute Gasteiger partial charge is 0.418 e. The van der Waals surface area contributed by atoms with E-state index >= 15 is 0 Å². The zero-order valence-corrected chi connectivity index (χ0v) is 13.3. The molecule has 2 heterocycles. The van der Waals surface area contributed by atoms with E-state index in [1.807, 2.05) is 0 Å². The van der Waals surface area contributed by atoms with Crippen molar-refractivity contribution >= 4 is 22.3 Å². The minimum Gasteiger partial charge on any atom is -0.326 e. The Bertz CT molecular complexity index is 632. The molecule has 3 amide bonds. The maximum atomic E-state index is 12.2. The topological polar surface area (TPSA) is 152 Å². The third-order valence-electron chi connectivity index (χ3n) is 3.26. The first-order valence-electron chi connectivity index (χ1n) is 6.72. The molecule has 0 saturated carbocycles. The number of carbonyl (C=O) groups is 2. The Hall–Kier alpha value is -1.73. The number of hydroxylamine groups is 3. The van der Waals surface area contributed by atoms with Crippen LogP contribution in [-0.2, 0) is 24.3 Å². The van der Waals surface area contributed by atoms with Crippen LogP contribution < -0.4 is 11.2 Å². The van der Waals surface area contributed by atoms with Crippen molar-refractivity contribution in [2.75, 3.05) is 13.2 Å². The summed E-state index contributed by atoms with van der Waals surface area (Å²) in [6.07, 6.45) is 1.52. The molecule has 23 heavy (non-hydrogen) atoms. The number of urea groups is 1. The van der Waals surface area contributed by atoms with Gasteiger partial charge in [-0.1, -0.05) is 6.08 Å². The molecule has 11 nitrogen and oxygen atoms in total. The van der Waals surface area contributed by atoms with Crippen molar-refractivity contribution in [2.45, 2.75) is 32.0 Å². The highest BCUT2D eigenvalue weighted by Gasteiger charge is 2.48. The van der Waals surface area contributed by atoms with E-state index in [2.05, 4.69) is 9.76 Å². The Kier molecular flexibility index (Phi) is 4.91. The van der Waals surface area contributed by atoms with E-state index in [0.717, 1.165) is 4.90 Å². The zero-order chi connectivity index (χ0) is 17.4. The summed E-state index contributed by atoms with van der Waals surface area (Å²) in [5.74, 6) is -0.597. The van der Waals surface area contributed by atoms with Crippen molar-refractivity contribution in [1.29, 1.82) is 0 Å². The van der Waals surface area contributed by atoms with E-state index in [9.17, 15) is 18.0 Å². The van der Waals surface area contributed by atoms with Crippen molar-refractivity contribution in [3.05, 3.63) is 11.6 Å². The van der Waals surface area contributed by atoms with Gasteiger partial charge in [-0.15, -0.1) is 4.28 Å². The fourth-order valence-electron chi connectivity index (χ4n) is 2.44. The van der Waals surface area contributed by atoms with E-state index in [0.29, 0.717) is 10.6 Å². The maximum absolute atomic E-state index is 12.2. The highest BCUT2D eigenvalue weighted by Crippen LogP contribution is 2.30. The lowest BCUT2D eigenvalue weighted by atomic mass is 10.0. The second kappa shape index (κ2) is 6.41. The van der Waals surface area contributed by atoms with Crippen LogP contribution in [-0.4, -0.2) is 66.1 Å². The summed E-state index contributed by atoms with van der Waals surface area (Å²) in [7, 11) is -4.85. The van der Waals surface area contributed by atoms with Crippen LogP contribution in [0.25, 0.3) is 0 Å². The van der Waals surface area contributed by atoms with Crippen LogP contribution in [0.2, 0.25) is 0 Å². The molecule has 3 atom stereocenters. The second-order valence-corrected chi connectivity index (χ2v) is 6.40. The molecule has 0 aromatic heterocycles. The first-order chi connectivity index (χ1) is 10.6. The van der Waals surface area contributed by atoms with Crippen LogP contribution in [0.1, 0.15) is 13.8 Å². The molecular weight excluding hydrogens is 332 g/mol. The molecule has 130 valence electrons. The minimum absolute atomic E-state index is 0.0388. The average molecular weight is 350 g/mol. The van der Waals surface area contributed by atoms with Crippen LogP contribution in [0.5, 0.6) is 0 Å². The van der Waals surface area contributed by atoms with Crippen molar-refractivity contribution in [3.63, 3.8) is 0 Å². The molecule has 2 aliphatic rings. The van der Waals surface area contributed by atoms with Gasteiger partial charge in [0.2, 0.25) is 0 Å². The van der Waals surface area contributed by atoms with Gasteiger partial charge in [-0.05, 0) is 19.4 Å². The number of nitrogens with one attached hydrogen (secondary N) is 1. The standard InChI is InChI=1S/C11H18N4O7S/c1-6-3-8-4-14(11(17)15(8)22-23(18,19)20)9(6)10(16)13-21-5-7(2)12/h3,7-9H,4-5,12H2,1-2H3,(H,13,16)(H,18,19,20)/t7-,8+,9-/m0/s1. The summed E-state index contributed by atoms with van der Waals surface area (Å²) in [4.78, 5) is 30.4. The van der Waals surface area contributed by atoms with Crippen molar-refractivity contribution in [3.8, 4) is 0 Å². The first-order valence-corrected chi connectivity index (χ1v) is 8.09. The van der Waals surface area contributed by atoms with Gasteiger partial charge in [0, 0.05) is 6.04 Å². The number of hydrogen-bond donors (Lipinski definition) is 3. The van der Waals surface area contributed by atoms with Gasteiger partial charge in [-0.25, -0.2) is 10.3 Å². The number of amides is 3. The van der Waals surface area contributed by atoms with Gasteiger partial charge in [-0.2, -0.15) is 13.5 Å². The van der Waals surface area contributed by atoms with Crippen LogP contribution in [0, 0.1) is 0 Å². The Morgan fingerprint density at radius 3 is 2.83 bits per heavy atom. The molecule has 0 unspecified atom stereocenters. The smallest absolute Gasteiger partial charge is 0.326 e. The molecule has 2 aliphatic heterocycles. The molecule has 1 fully saturated rings. The van der Waals surface area contributed by atoms with E-state index in [1.165, 1.54) is 6.08 Å². The number of nitrogens with zero attached hydrogens (tertiary/aromatic N) is 2. The molecule has 0 aromatic carbocycles. The van der Waals surface area contributed by atoms with Gasteiger partial charge >= 0.3 is 16.4 Å². The Morgan fingerprint density at radius 2 is 2.26 bits per heavy atom. The lowest BCUT2D eigenvalue weighted by molar-refractivity contribution is -0.137. The monoisotopic (exact) mass is 350 g/mol. The van der Waals surface area contributed by atoms with Crippen LogP contribution in [0.4, 0.5) is 4.79 Å². The van der Waals surface area contributed by atoms with Crippen molar-refractivity contribution in [1.82, 2.24) is 15.4 Å². The molecule has 2 bridgehead atoms. The average Bonchev–Trinajstić information content (AvgIpc) is 2.62. The summed E-state index contributed by atoms with van der Waals surface area (Å²) in [5, 5.41) is 0.509. The quantitative estimate of drug-likeness (QED) is 0.299. The van der Waals surface area contributed by atoms with Gasteiger partial charge < -0.3 is 10.6 Å². The summed E-state index contributed by atoms with van der Waals surface area (Å²) >= 11 is 0. The lowest BCUT2D eigenvalue weighted by Gasteiger charge is -2.28. The number of hydrogen-bond acceptors (Lipinski definition) is 7. The highest BCUT2D eigenvalue weighted by molar-refractivity contribution is 7.80. The normalized spacial score (nSPS) is 25.4. The van der Waals surface area contributed by atoms with Gasteiger partial charge in [0.1, 0.15) is 6.04 Å². The summed E-state index contributed by atoms with van der Waals surface area (Å²) in [6.45, 7) is 3.43. The number of carbonyl (C=O) groups excluding carboxylic acids is 2. The lowest BCUT2D eigenvalue weighted by Crippen LogP contribution is -2.50. The Labute approximate surface area is 132 Å². The van der Waals surface area contributed by atoms with E-state index in [-0.39, 0.29) is 19.2 Å². The first kappa shape index (κ1) is 17.6. The third kappa shape index (κ3) is 3.97. The fourth-order valence-corrected chi connectivity index (χ4v) is 2.81. The molecule has 4 N–H and O–H groups in total. The summed E-state index contributed by atoms with van der Waals surface area (Å²) in [5.41, 5.74) is 8.20. The summed E-state index contributed by atoms with van der Waals surface area (Å²) in [6, 6.07) is -2.83. The van der Waals surface area contributed by atoms with Gasteiger partial charge in [0.05, 0.1) is 19.2 Å².